The number of nitrogens with zero attached hydrogens (tertiary/aromatic N) is 4. The maximum absolute atomic E-state index is 13.5. The molecule has 0 N–H and O–H groups in total. The summed E-state index contributed by atoms with van der Waals surface area (Å²) in [6, 6.07) is 18.8. The molecule has 1 aliphatic rings. The van der Waals surface area contributed by atoms with Gasteiger partial charge in [-0.2, -0.15) is 0 Å². The van der Waals surface area contributed by atoms with Gasteiger partial charge in [0.2, 0.25) is 11.8 Å². The second kappa shape index (κ2) is 9.79. The van der Waals surface area contributed by atoms with Gasteiger partial charge in [-0.05, 0) is 59.7 Å². The minimum atomic E-state index is -0.319. The lowest BCUT2D eigenvalue weighted by Gasteiger charge is -2.39. The SMILES string of the molecule is Fc1ccc(-c2nnc(CN3CCN(C(c4ccc(F)cc4)c4ccc(F)cc4)CC3)o2)cc1. The summed E-state index contributed by atoms with van der Waals surface area (Å²) in [5, 5.41) is 8.22. The Balaban J connectivity index is 1.27. The Morgan fingerprint density at radius 3 is 1.71 bits per heavy atom. The molecular weight excluding hydrogens is 441 g/mol. The fourth-order valence-corrected chi connectivity index (χ4v) is 4.30. The van der Waals surface area contributed by atoms with Crippen LogP contribution >= 0.6 is 0 Å². The van der Waals surface area contributed by atoms with Crippen LogP contribution in [0.4, 0.5) is 13.2 Å². The standard InChI is InChI=1S/C26H23F3N4O/c27-21-7-1-18(2-8-21)25(19-3-9-22(28)10-4-19)33-15-13-32(14-16-33)17-24-30-31-26(34-24)20-5-11-23(29)12-6-20/h1-12,25H,13-17H2. The van der Waals surface area contributed by atoms with Gasteiger partial charge in [0.25, 0.3) is 0 Å². The minimum absolute atomic E-state index is 0.100. The highest BCUT2D eigenvalue weighted by Crippen LogP contribution is 2.30. The molecule has 5 rings (SSSR count). The Labute approximate surface area is 195 Å². The summed E-state index contributed by atoms with van der Waals surface area (Å²) >= 11 is 0. The van der Waals surface area contributed by atoms with Gasteiger partial charge < -0.3 is 4.42 Å². The fraction of sp³-hybridized carbons (Fsp3) is 0.231. The van der Waals surface area contributed by atoms with E-state index in [1.807, 2.05) is 0 Å². The lowest BCUT2D eigenvalue weighted by atomic mass is 9.96. The van der Waals surface area contributed by atoms with Crippen LogP contribution in [0.15, 0.2) is 77.2 Å². The number of rotatable bonds is 6. The lowest BCUT2D eigenvalue weighted by Crippen LogP contribution is -2.47. The summed E-state index contributed by atoms with van der Waals surface area (Å²) in [5.41, 5.74) is 2.59. The van der Waals surface area contributed by atoms with Crippen LogP contribution in [0.2, 0.25) is 0 Å². The van der Waals surface area contributed by atoms with Crippen LogP contribution in [0.3, 0.4) is 0 Å². The molecule has 1 aromatic heterocycles. The molecule has 3 aromatic carbocycles. The van der Waals surface area contributed by atoms with E-state index in [4.69, 9.17) is 4.42 Å². The van der Waals surface area contributed by atoms with E-state index in [2.05, 4.69) is 20.0 Å². The number of aromatic nitrogens is 2. The lowest BCUT2D eigenvalue weighted by molar-refractivity contribution is 0.0985. The Bertz CT molecular complexity index is 1170. The van der Waals surface area contributed by atoms with Crippen LogP contribution in [0.1, 0.15) is 23.1 Å². The van der Waals surface area contributed by atoms with E-state index in [1.54, 1.807) is 36.4 Å². The predicted octanol–water partition coefficient (Wildman–Crippen LogP) is 5.06. The van der Waals surface area contributed by atoms with Crippen molar-refractivity contribution in [2.24, 2.45) is 0 Å². The molecule has 1 saturated heterocycles. The predicted molar refractivity (Wildman–Crippen MR) is 121 cm³/mol. The van der Waals surface area contributed by atoms with Crippen LogP contribution < -0.4 is 0 Å². The first-order valence-electron chi connectivity index (χ1n) is 11.1. The monoisotopic (exact) mass is 464 g/mol. The summed E-state index contributed by atoms with van der Waals surface area (Å²) < 4.78 is 46.0. The number of piperazine rings is 1. The summed E-state index contributed by atoms with van der Waals surface area (Å²) in [6.45, 7) is 3.58. The minimum Gasteiger partial charge on any atom is -0.419 e. The summed E-state index contributed by atoms with van der Waals surface area (Å²) in [4.78, 5) is 4.54. The van der Waals surface area contributed by atoms with Gasteiger partial charge in [-0.25, -0.2) is 13.2 Å². The fourth-order valence-electron chi connectivity index (χ4n) is 4.30. The molecule has 0 spiro atoms. The average molecular weight is 464 g/mol. The van der Waals surface area contributed by atoms with E-state index in [-0.39, 0.29) is 23.5 Å². The smallest absolute Gasteiger partial charge is 0.247 e. The first-order chi connectivity index (χ1) is 16.5. The molecule has 0 aliphatic carbocycles. The zero-order chi connectivity index (χ0) is 23.5. The van der Waals surface area contributed by atoms with E-state index < -0.39 is 0 Å². The van der Waals surface area contributed by atoms with Crippen molar-refractivity contribution in [2.45, 2.75) is 12.6 Å². The summed E-state index contributed by atoms with van der Waals surface area (Å²) in [6.07, 6.45) is 0. The van der Waals surface area contributed by atoms with Crippen molar-refractivity contribution in [3.8, 4) is 11.5 Å². The quantitative estimate of drug-likeness (QED) is 0.399. The molecule has 34 heavy (non-hydrogen) atoms. The number of benzene rings is 3. The molecule has 0 amide bonds. The van der Waals surface area contributed by atoms with Crippen LogP contribution in [0.25, 0.3) is 11.5 Å². The maximum Gasteiger partial charge on any atom is 0.247 e. The molecule has 174 valence electrons. The summed E-state index contributed by atoms with van der Waals surface area (Å²) in [7, 11) is 0. The van der Waals surface area contributed by atoms with Gasteiger partial charge >= 0.3 is 0 Å². The molecule has 0 saturated carbocycles. The molecule has 0 bridgehead atoms. The molecule has 0 radical (unpaired) electrons. The van der Waals surface area contributed by atoms with E-state index >= 15 is 0 Å². The zero-order valence-electron chi connectivity index (χ0n) is 18.4. The van der Waals surface area contributed by atoms with Crippen LogP contribution in [0, 0.1) is 17.5 Å². The third-order valence-electron chi connectivity index (χ3n) is 6.06. The molecule has 1 aliphatic heterocycles. The highest BCUT2D eigenvalue weighted by Gasteiger charge is 2.27. The van der Waals surface area contributed by atoms with Crippen molar-refractivity contribution in [2.75, 3.05) is 26.2 Å². The normalized spacial score (nSPS) is 15.2. The van der Waals surface area contributed by atoms with Crippen molar-refractivity contribution >= 4 is 0 Å². The second-order valence-electron chi connectivity index (χ2n) is 8.33. The molecule has 1 fully saturated rings. The van der Waals surface area contributed by atoms with Crippen LogP contribution in [-0.4, -0.2) is 46.2 Å². The Morgan fingerprint density at radius 2 is 1.18 bits per heavy atom. The van der Waals surface area contributed by atoms with Gasteiger partial charge in [-0.3, -0.25) is 9.80 Å². The molecule has 8 heteroatoms. The number of hydrogen-bond acceptors (Lipinski definition) is 5. The van der Waals surface area contributed by atoms with Crippen molar-refractivity contribution in [1.29, 1.82) is 0 Å². The third-order valence-corrected chi connectivity index (χ3v) is 6.06. The third kappa shape index (κ3) is 5.03. The first-order valence-corrected chi connectivity index (χ1v) is 11.1. The van der Waals surface area contributed by atoms with E-state index in [0.29, 0.717) is 23.9 Å². The summed E-state index contributed by atoms with van der Waals surface area (Å²) in [5.74, 6) is -0.0272. The topological polar surface area (TPSA) is 45.4 Å². The van der Waals surface area contributed by atoms with Crippen molar-refractivity contribution in [1.82, 2.24) is 20.0 Å². The van der Waals surface area contributed by atoms with Crippen LogP contribution in [-0.2, 0) is 6.54 Å². The van der Waals surface area contributed by atoms with Gasteiger partial charge in [0.1, 0.15) is 17.5 Å². The van der Waals surface area contributed by atoms with Gasteiger partial charge in [-0.1, -0.05) is 24.3 Å². The largest absolute Gasteiger partial charge is 0.419 e. The molecule has 0 unspecified atom stereocenters. The molecule has 2 heterocycles. The highest BCUT2D eigenvalue weighted by molar-refractivity contribution is 5.51. The maximum atomic E-state index is 13.5. The molecule has 0 atom stereocenters. The molecule has 4 aromatic rings. The Kier molecular flexibility index (Phi) is 6.42. The Hall–Kier alpha value is -3.49. The second-order valence-corrected chi connectivity index (χ2v) is 8.33. The molecular formula is C26H23F3N4O. The highest BCUT2D eigenvalue weighted by atomic mass is 19.1. The number of hydrogen-bond donors (Lipinski definition) is 0. The van der Waals surface area contributed by atoms with Gasteiger partial charge in [0.15, 0.2) is 0 Å². The van der Waals surface area contributed by atoms with Crippen molar-refractivity contribution in [3.05, 3.63) is 107 Å². The number of halogens is 3. The van der Waals surface area contributed by atoms with Gasteiger partial charge in [0, 0.05) is 31.7 Å². The van der Waals surface area contributed by atoms with Crippen molar-refractivity contribution in [3.63, 3.8) is 0 Å². The average Bonchev–Trinajstić information content (AvgIpc) is 3.31. The Morgan fingerprint density at radius 1 is 0.676 bits per heavy atom. The first kappa shape index (κ1) is 22.3. The zero-order valence-corrected chi connectivity index (χ0v) is 18.4. The van der Waals surface area contributed by atoms with Gasteiger partial charge in [0.05, 0.1) is 12.6 Å². The van der Waals surface area contributed by atoms with E-state index in [9.17, 15) is 13.2 Å². The van der Waals surface area contributed by atoms with E-state index in [1.165, 1.54) is 36.4 Å². The van der Waals surface area contributed by atoms with Crippen LogP contribution in [0.5, 0.6) is 0 Å². The molecule has 5 nitrogen and oxygen atoms in total. The van der Waals surface area contributed by atoms with E-state index in [0.717, 1.165) is 37.3 Å². The van der Waals surface area contributed by atoms with Crippen molar-refractivity contribution < 1.29 is 17.6 Å². The van der Waals surface area contributed by atoms with Gasteiger partial charge in [-0.15, -0.1) is 10.2 Å².